The Labute approximate surface area is 124 Å². The summed E-state index contributed by atoms with van der Waals surface area (Å²) in [6.07, 6.45) is 2.43. The fourth-order valence-corrected chi connectivity index (χ4v) is 2.02. The van der Waals surface area contributed by atoms with Crippen molar-refractivity contribution in [3.63, 3.8) is 0 Å². The quantitative estimate of drug-likeness (QED) is 0.342. The van der Waals surface area contributed by atoms with Gasteiger partial charge in [0.05, 0.1) is 22.1 Å². The van der Waals surface area contributed by atoms with Gasteiger partial charge in [-0.25, -0.2) is 5.84 Å². The van der Waals surface area contributed by atoms with Gasteiger partial charge in [-0.05, 0) is 15.9 Å². The van der Waals surface area contributed by atoms with Crippen LogP contribution in [0.1, 0.15) is 16.2 Å². The van der Waals surface area contributed by atoms with Crippen LogP contribution in [-0.4, -0.2) is 20.6 Å². The number of hydrazine groups is 1. The number of rotatable bonds is 4. The molecular formula is C10H8BrN5O5. The molecule has 11 heteroatoms. The van der Waals surface area contributed by atoms with E-state index in [1.54, 1.807) is 0 Å². The lowest BCUT2D eigenvalue weighted by Gasteiger charge is -2.03. The third-order valence-corrected chi connectivity index (χ3v) is 3.04. The third kappa shape index (κ3) is 3.14. The van der Waals surface area contributed by atoms with Crippen molar-refractivity contribution in [1.29, 1.82) is 0 Å². The summed E-state index contributed by atoms with van der Waals surface area (Å²) >= 11 is 2.95. The van der Waals surface area contributed by atoms with Crippen molar-refractivity contribution in [2.45, 2.75) is 6.54 Å². The number of pyridine rings is 1. The number of nitrogens with two attached hydrogens (primary N) is 1. The Bertz CT molecular complexity index is 767. The summed E-state index contributed by atoms with van der Waals surface area (Å²) in [6.45, 7) is 0.0462. The Morgan fingerprint density at radius 2 is 2.29 bits per heavy atom. The van der Waals surface area contributed by atoms with Crippen LogP contribution in [0, 0.1) is 10.1 Å². The average molecular weight is 358 g/mol. The lowest BCUT2D eigenvalue weighted by molar-refractivity contribution is -0.386. The number of nitrogen functional groups attached to an aromatic ring is 1. The molecule has 3 N–H and O–H groups in total. The molecule has 0 saturated heterocycles. The van der Waals surface area contributed by atoms with E-state index >= 15 is 0 Å². The van der Waals surface area contributed by atoms with Crippen LogP contribution < -0.4 is 16.7 Å². The van der Waals surface area contributed by atoms with E-state index < -0.39 is 21.9 Å². The molecule has 0 aliphatic carbocycles. The molecule has 21 heavy (non-hydrogen) atoms. The SMILES string of the molecule is NNC(=O)c1cc(Cn2cc(Br)c(=O)c([N+](=O)[O-])c2)on1. The van der Waals surface area contributed by atoms with Crippen molar-refractivity contribution < 1.29 is 14.2 Å². The minimum atomic E-state index is -0.780. The van der Waals surface area contributed by atoms with Crippen molar-refractivity contribution in [2.24, 2.45) is 5.84 Å². The zero-order chi connectivity index (χ0) is 15.6. The van der Waals surface area contributed by atoms with Crippen molar-refractivity contribution in [3.8, 4) is 0 Å². The van der Waals surface area contributed by atoms with Gasteiger partial charge >= 0.3 is 5.69 Å². The second-order valence-electron chi connectivity index (χ2n) is 3.90. The number of hydrogen-bond acceptors (Lipinski definition) is 7. The summed E-state index contributed by atoms with van der Waals surface area (Å²) in [5.41, 5.74) is 0.562. The Kier molecular flexibility index (Phi) is 4.14. The summed E-state index contributed by atoms with van der Waals surface area (Å²) in [4.78, 5) is 32.8. The first-order valence-corrected chi connectivity index (χ1v) is 6.22. The standard InChI is InChI=1S/C10H8BrN5O5/c11-6-3-15(4-8(9(6)17)16(19)20)2-5-1-7(14-21-5)10(18)13-12/h1,3-4H,2,12H2,(H,13,18). The minimum absolute atomic E-state index is 0.0258. The van der Waals surface area contributed by atoms with E-state index in [-0.39, 0.29) is 22.5 Å². The predicted molar refractivity (Wildman–Crippen MR) is 72.3 cm³/mol. The first-order chi connectivity index (χ1) is 9.92. The molecular weight excluding hydrogens is 350 g/mol. The van der Waals surface area contributed by atoms with E-state index in [1.807, 2.05) is 5.43 Å². The zero-order valence-corrected chi connectivity index (χ0v) is 11.9. The molecule has 110 valence electrons. The highest BCUT2D eigenvalue weighted by atomic mass is 79.9. The number of carbonyl (C=O) groups excluding carboxylic acids is 1. The summed E-state index contributed by atoms with van der Waals surface area (Å²) in [5, 5.41) is 14.3. The normalized spacial score (nSPS) is 10.4. The number of halogens is 1. The van der Waals surface area contributed by atoms with E-state index in [0.717, 1.165) is 6.20 Å². The van der Waals surface area contributed by atoms with Gasteiger partial charge in [-0.2, -0.15) is 0 Å². The highest BCUT2D eigenvalue weighted by Crippen LogP contribution is 2.13. The van der Waals surface area contributed by atoms with Gasteiger partial charge in [0.25, 0.3) is 11.3 Å². The summed E-state index contributed by atoms with van der Waals surface area (Å²) < 4.78 is 6.31. The number of aromatic nitrogens is 2. The van der Waals surface area contributed by atoms with Crippen molar-refractivity contribution >= 4 is 27.5 Å². The van der Waals surface area contributed by atoms with Crippen LogP contribution in [0.2, 0.25) is 0 Å². The largest absolute Gasteiger partial charge is 0.359 e. The average Bonchev–Trinajstić information content (AvgIpc) is 2.90. The smallest absolute Gasteiger partial charge is 0.333 e. The monoisotopic (exact) mass is 357 g/mol. The van der Waals surface area contributed by atoms with Gasteiger partial charge in [-0.15, -0.1) is 0 Å². The first kappa shape index (κ1) is 14.9. The lowest BCUT2D eigenvalue weighted by Crippen LogP contribution is -2.30. The summed E-state index contributed by atoms with van der Waals surface area (Å²) in [7, 11) is 0. The predicted octanol–water partition coefficient (Wildman–Crippen LogP) is 0.159. The van der Waals surface area contributed by atoms with E-state index in [9.17, 15) is 19.7 Å². The van der Waals surface area contributed by atoms with Crippen LogP contribution in [0.5, 0.6) is 0 Å². The Balaban J connectivity index is 2.32. The molecule has 0 bridgehead atoms. The second-order valence-corrected chi connectivity index (χ2v) is 4.76. The number of carbonyl (C=O) groups is 1. The zero-order valence-electron chi connectivity index (χ0n) is 10.3. The minimum Gasteiger partial charge on any atom is -0.359 e. The fourth-order valence-electron chi connectivity index (χ4n) is 1.55. The van der Waals surface area contributed by atoms with Crippen molar-refractivity contribution in [1.82, 2.24) is 15.1 Å². The molecule has 0 aliphatic heterocycles. The van der Waals surface area contributed by atoms with Crippen LogP contribution >= 0.6 is 15.9 Å². The number of nitrogens with one attached hydrogen (secondary N) is 1. The Morgan fingerprint density at radius 3 is 2.90 bits per heavy atom. The topological polar surface area (TPSA) is 146 Å². The summed E-state index contributed by atoms with van der Waals surface area (Å²) in [6, 6.07) is 1.33. The first-order valence-electron chi connectivity index (χ1n) is 5.43. The lowest BCUT2D eigenvalue weighted by atomic mass is 10.3. The Hall–Kier alpha value is -2.53. The molecule has 2 rings (SSSR count). The van der Waals surface area contributed by atoms with Crippen molar-refractivity contribution in [3.05, 3.63) is 54.7 Å². The van der Waals surface area contributed by atoms with Gasteiger partial charge in [-0.3, -0.25) is 25.1 Å². The molecule has 2 aromatic heterocycles. The second kappa shape index (κ2) is 5.85. The fraction of sp³-hybridized carbons (Fsp3) is 0.100. The maximum atomic E-state index is 11.5. The van der Waals surface area contributed by atoms with Crippen molar-refractivity contribution in [2.75, 3.05) is 0 Å². The third-order valence-electron chi connectivity index (χ3n) is 2.47. The molecule has 0 fully saturated rings. The number of hydrogen-bond donors (Lipinski definition) is 2. The highest BCUT2D eigenvalue weighted by molar-refractivity contribution is 9.10. The summed E-state index contributed by atoms with van der Waals surface area (Å²) in [5.74, 6) is 4.59. The molecule has 10 nitrogen and oxygen atoms in total. The van der Waals surface area contributed by atoms with E-state index in [4.69, 9.17) is 10.4 Å². The molecule has 0 spiro atoms. The molecule has 0 radical (unpaired) electrons. The molecule has 0 unspecified atom stereocenters. The molecule has 0 aromatic carbocycles. The highest BCUT2D eigenvalue weighted by Gasteiger charge is 2.17. The maximum Gasteiger partial charge on any atom is 0.333 e. The molecule has 0 saturated carbocycles. The van der Waals surface area contributed by atoms with E-state index in [1.165, 1.54) is 16.8 Å². The number of nitro groups is 1. The van der Waals surface area contributed by atoms with Crippen LogP contribution in [0.3, 0.4) is 0 Å². The molecule has 2 heterocycles. The molecule has 2 aromatic rings. The van der Waals surface area contributed by atoms with Crippen LogP contribution in [0.25, 0.3) is 0 Å². The molecule has 1 amide bonds. The maximum absolute atomic E-state index is 11.5. The van der Waals surface area contributed by atoms with E-state index in [2.05, 4.69) is 21.1 Å². The van der Waals surface area contributed by atoms with Gasteiger partial charge in [0.15, 0.2) is 11.5 Å². The number of nitrogens with zero attached hydrogens (tertiary/aromatic N) is 3. The van der Waals surface area contributed by atoms with Gasteiger partial charge < -0.3 is 9.09 Å². The van der Waals surface area contributed by atoms with Crippen LogP contribution in [0.15, 0.2) is 32.3 Å². The van der Waals surface area contributed by atoms with Crippen LogP contribution in [-0.2, 0) is 6.54 Å². The van der Waals surface area contributed by atoms with Crippen LogP contribution in [0.4, 0.5) is 5.69 Å². The van der Waals surface area contributed by atoms with E-state index in [0.29, 0.717) is 0 Å². The number of amides is 1. The van der Waals surface area contributed by atoms with Gasteiger partial charge in [-0.1, -0.05) is 5.16 Å². The van der Waals surface area contributed by atoms with Gasteiger partial charge in [0.2, 0.25) is 0 Å². The molecule has 0 atom stereocenters. The Morgan fingerprint density at radius 1 is 1.57 bits per heavy atom. The van der Waals surface area contributed by atoms with Gasteiger partial charge in [0, 0.05) is 12.3 Å². The molecule has 0 aliphatic rings. The van der Waals surface area contributed by atoms with Gasteiger partial charge in [0.1, 0.15) is 0 Å².